The Balaban J connectivity index is 1.35. The van der Waals surface area contributed by atoms with Gasteiger partial charge < -0.3 is 10.6 Å². The molecule has 0 radical (unpaired) electrons. The highest BCUT2D eigenvalue weighted by molar-refractivity contribution is 7.93. The molecule has 1 unspecified atom stereocenters. The van der Waals surface area contributed by atoms with Gasteiger partial charge in [-0.05, 0) is 48.2 Å². The first-order valence-corrected chi connectivity index (χ1v) is 12.0. The Morgan fingerprint density at radius 2 is 1.94 bits per heavy atom. The number of carbonyl (C=O) groups excluding carboxylic acids is 2. The molecule has 0 saturated carbocycles. The molecule has 0 aliphatic carbocycles. The molecule has 1 aliphatic rings. The molecular weight excluding hydrogens is 436 g/mol. The monoisotopic (exact) mass is 456 g/mol. The predicted molar refractivity (Wildman–Crippen MR) is 120 cm³/mol. The number of hydrogen-bond acceptors (Lipinski definition) is 6. The third-order valence-corrected chi connectivity index (χ3v) is 7.10. The molecule has 0 fully saturated rings. The molecule has 1 atom stereocenters. The number of benzene rings is 2. The van der Waals surface area contributed by atoms with Gasteiger partial charge in [-0.1, -0.05) is 18.2 Å². The molecular formula is C21H20N4O4S2. The van der Waals surface area contributed by atoms with Crippen molar-refractivity contribution < 1.29 is 18.0 Å². The van der Waals surface area contributed by atoms with E-state index in [4.69, 9.17) is 0 Å². The van der Waals surface area contributed by atoms with Crippen LogP contribution >= 0.6 is 11.3 Å². The Morgan fingerprint density at radius 1 is 1.16 bits per heavy atom. The van der Waals surface area contributed by atoms with Gasteiger partial charge >= 0.3 is 0 Å². The van der Waals surface area contributed by atoms with Gasteiger partial charge in [0.1, 0.15) is 0 Å². The standard InChI is InChI=1S/C21H20N4O4S2/c26-19(10-5-14-13-20(27)24-18-4-2-1-3-17(14)18)23-15-6-8-16(9-7-15)31(28,29)25-21-22-11-12-30-21/h1-4,6-9,11-12,14H,5,10,13H2,(H,22,25)(H,23,26)(H,24,27). The number of amides is 2. The third kappa shape index (κ3) is 5.09. The average molecular weight is 457 g/mol. The maximum absolute atomic E-state index is 12.4. The van der Waals surface area contributed by atoms with Crippen LogP contribution < -0.4 is 15.4 Å². The van der Waals surface area contributed by atoms with Crippen LogP contribution in [0.5, 0.6) is 0 Å². The minimum atomic E-state index is -3.74. The molecule has 3 aromatic rings. The molecule has 8 nitrogen and oxygen atoms in total. The van der Waals surface area contributed by atoms with Crippen molar-refractivity contribution >= 4 is 49.7 Å². The van der Waals surface area contributed by atoms with Gasteiger partial charge in [0.2, 0.25) is 11.8 Å². The van der Waals surface area contributed by atoms with E-state index in [0.29, 0.717) is 18.5 Å². The number of nitrogens with one attached hydrogen (secondary N) is 3. The van der Waals surface area contributed by atoms with E-state index in [0.717, 1.165) is 11.3 Å². The lowest BCUT2D eigenvalue weighted by Gasteiger charge is -2.25. The number of para-hydroxylation sites is 1. The van der Waals surface area contributed by atoms with Crippen LogP contribution in [-0.2, 0) is 19.6 Å². The summed E-state index contributed by atoms with van der Waals surface area (Å²) in [5.41, 5.74) is 2.34. The van der Waals surface area contributed by atoms with E-state index in [1.54, 1.807) is 5.38 Å². The van der Waals surface area contributed by atoms with Gasteiger partial charge in [0.25, 0.3) is 10.0 Å². The first-order chi connectivity index (χ1) is 14.9. The van der Waals surface area contributed by atoms with Crippen LogP contribution in [0, 0.1) is 0 Å². The van der Waals surface area contributed by atoms with Crippen LogP contribution in [0.15, 0.2) is 65.0 Å². The number of fused-ring (bicyclic) bond motifs is 1. The largest absolute Gasteiger partial charge is 0.326 e. The molecule has 3 N–H and O–H groups in total. The van der Waals surface area contributed by atoms with Crippen molar-refractivity contribution in [3.8, 4) is 0 Å². The number of aromatic nitrogens is 1. The molecule has 0 spiro atoms. The summed E-state index contributed by atoms with van der Waals surface area (Å²) < 4.78 is 27.1. The fraction of sp³-hybridized carbons (Fsp3) is 0.190. The lowest BCUT2D eigenvalue weighted by Crippen LogP contribution is -2.23. The Hall–Kier alpha value is -3.24. The Kier molecular flexibility index (Phi) is 6.01. The molecule has 160 valence electrons. The molecule has 2 heterocycles. The van der Waals surface area contributed by atoms with Crippen molar-refractivity contribution in [2.75, 3.05) is 15.4 Å². The smallest absolute Gasteiger partial charge is 0.263 e. The van der Waals surface area contributed by atoms with Crippen molar-refractivity contribution in [1.29, 1.82) is 0 Å². The van der Waals surface area contributed by atoms with Gasteiger partial charge in [0.15, 0.2) is 5.13 Å². The number of thiazole rings is 1. The Bertz CT molecular complexity index is 1190. The van der Waals surface area contributed by atoms with Gasteiger partial charge in [-0.25, -0.2) is 13.4 Å². The third-order valence-electron chi connectivity index (χ3n) is 4.93. The van der Waals surface area contributed by atoms with Crippen LogP contribution in [0.4, 0.5) is 16.5 Å². The van der Waals surface area contributed by atoms with Crippen LogP contribution in [0.25, 0.3) is 0 Å². The van der Waals surface area contributed by atoms with Crippen LogP contribution in [0.3, 0.4) is 0 Å². The number of sulfonamides is 1. The molecule has 31 heavy (non-hydrogen) atoms. The number of nitrogens with zero attached hydrogens (tertiary/aromatic N) is 1. The summed E-state index contributed by atoms with van der Waals surface area (Å²) in [7, 11) is -3.74. The van der Waals surface area contributed by atoms with Gasteiger partial charge in [-0.3, -0.25) is 14.3 Å². The number of hydrogen-bond donors (Lipinski definition) is 3. The van der Waals surface area contributed by atoms with E-state index in [1.807, 2.05) is 24.3 Å². The lowest BCUT2D eigenvalue weighted by molar-refractivity contribution is -0.118. The minimum Gasteiger partial charge on any atom is -0.326 e. The maximum Gasteiger partial charge on any atom is 0.263 e. The quantitative estimate of drug-likeness (QED) is 0.500. The molecule has 1 aliphatic heterocycles. The maximum atomic E-state index is 12.4. The van der Waals surface area contributed by atoms with Crippen molar-refractivity contribution in [2.24, 2.45) is 0 Å². The van der Waals surface area contributed by atoms with Crippen LogP contribution in [0.2, 0.25) is 0 Å². The average Bonchev–Trinajstić information content (AvgIpc) is 3.24. The predicted octanol–water partition coefficient (Wildman–Crippen LogP) is 3.79. The Morgan fingerprint density at radius 3 is 2.68 bits per heavy atom. The first kappa shape index (κ1) is 21.0. The minimum absolute atomic E-state index is 0.0137. The van der Waals surface area contributed by atoms with Gasteiger partial charge in [0.05, 0.1) is 4.90 Å². The van der Waals surface area contributed by atoms with Crippen molar-refractivity contribution in [2.45, 2.75) is 30.1 Å². The van der Waals surface area contributed by atoms with Crippen LogP contribution in [0.1, 0.15) is 30.7 Å². The highest BCUT2D eigenvalue weighted by Gasteiger charge is 2.25. The SMILES string of the molecule is O=C(CCC1CC(=O)Nc2ccccc21)Nc1ccc(S(=O)(=O)Nc2nccs2)cc1. The van der Waals surface area contributed by atoms with E-state index in [2.05, 4.69) is 20.3 Å². The summed E-state index contributed by atoms with van der Waals surface area (Å²) in [5.74, 6) is -0.257. The molecule has 2 amide bonds. The molecule has 4 rings (SSSR count). The number of carbonyl (C=O) groups is 2. The molecule has 0 saturated heterocycles. The van der Waals surface area contributed by atoms with Crippen molar-refractivity contribution in [3.05, 3.63) is 65.7 Å². The van der Waals surface area contributed by atoms with Gasteiger partial charge in [-0.2, -0.15) is 0 Å². The summed E-state index contributed by atoms with van der Waals surface area (Å²) in [6.45, 7) is 0. The van der Waals surface area contributed by atoms with E-state index < -0.39 is 10.0 Å². The molecule has 10 heteroatoms. The number of anilines is 3. The van der Waals surface area contributed by atoms with Crippen molar-refractivity contribution in [1.82, 2.24) is 4.98 Å². The fourth-order valence-corrected chi connectivity index (χ4v) is 5.24. The zero-order valence-electron chi connectivity index (χ0n) is 16.4. The second kappa shape index (κ2) is 8.86. The van der Waals surface area contributed by atoms with Gasteiger partial charge in [-0.15, -0.1) is 11.3 Å². The summed E-state index contributed by atoms with van der Waals surface area (Å²) in [6, 6.07) is 13.5. The summed E-state index contributed by atoms with van der Waals surface area (Å²) in [4.78, 5) is 28.3. The Labute approximate surface area is 183 Å². The highest BCUT2D eigenvalue weighted by atomic mass is 32.2. The highest BCUT2D eigenvalue weighted by Crippen LogP contribution is 2.35. The summed E-state index contributed by atoms with van der Waals surface area (Å²) in [6.07, 6.45) is 2.65. The molecule has 1 aromatic heterocycles. The zero-order chi connectivity index (χ0) is 21.8. The normalized spacial score (nSPS) is 15.6. The number of rotatable bonds is 7. The van der Waals surface area contributed by atoms with E-state index in [-0.39, 0.29) is 34.2 Å². The van der Waals surface area contributed by atoms with Crippen molar-refractivity contribution in [3.63, 3.8) is 0 Å². The zero-order valence-corrected chi connectivity index (χ0v) is 18.0. The first-order valence-electron chi connectivity index (χ1n) is 9.62. The molecule has 2 aromatic carbocycles. The van der Waals surface area contributed by atoms with E-state index >= 15 is 0 Å². The summed E-state index contributed by atoms with van der Waals surface area (Å²) in [5, 5.41) is 7.59. The topological polar surface area (TPSA) is 117 Å². The molecule has 0 bridgehead atoms. The van der Waals surface area contributed by atoms with E-state index in [1.165, 1.54) is 41.8 Å². The van der Waals surface area contributed by atoms with Gasteiger partial charge in [0, 0.05) is 35.8 Å². The summed E-state index contributed by atoms with van der Waals surface area (Å²) >= 11 is 1.19. The lowest BCUT2D eigenvalue weighted by atomic mass is 9.87. The van der Waals surface area contributed by atoms with Crippen LogP contribution in [-0.4, -0.2) is 25.2 Å². The van der Waals surface area contributed by atoms with E-state index in [9.17, 15) is 18.0 Å². The fourth-order valence-electron chi connectivity index (χ4n) is 3.45. The second-order valence-corrected chi connectivity index (χ2v) is 9.67. The second-order valence-electron chi connectivity index (χ2n) is 7.09.